The van der Waals surface area contributed by atoms with Crippen LogP contribution in [0.4, 0.5) is 0 Å². The van der Waals surface area contributed by atoms with Crippen molar-refractivity contribution in [3.63, 3.8) is 0 Å². The van der Waals surface area contributed by atoms with Crippen LogP contribution in [-0.4, -0.2) is 25.2 Å². The first-order valence-corrected chi connectivity index (χ1v) is 19.7. The number of unbranched alkanes of at least 4 members (excludes halogenated alkanes) is 12. The van der Waals surface area contributed by atoms with Crippen molar-refractivity contribution in [1.29, 1.82) is 0 Å². The predicted octanol–water partition coefficient (Wildman–Crippen LogP) is 12.8. The van der Waals surface area contributed by atoms with Gasteiger partial charge in [-0.1, -0.05) is 160 Å². The first-order chi connectivity index (χ1) is 21.7. The van der Waals surface area contributed by atoms with E-state index in [0.29, 0.717) is 59.6 Å². The molecule has 0 aromatic carbocycles. The molecular formula is C42H80O4. The van der Waals surface area contributed by atoms with Gasteiger partial charge in [-0.3, -0.25) is 0 Å². The third-order valence-corrected chi connectivity index (χ3v) is 11.8. The summed E-state index contributed by atoms with van der Waals surface area (Å²) in [5, 5.41) is 0. The Morgan fingerprint density at radius 1 is 0.391 bits per heavy atom. The molecule has 0 saturated heterocycles. The van der Waals surface area contributed by atoms with E-state index in [0.717, 1.165) is 25.7 Å². The number of carbonyl (C=O) groups excluding carboxylic acids is 2. The third-order valence-electron chi connectivity index (χ3n) is 11.8. The Morgan fingerprint density at radius 3 is 0.848 bits per heavy atom. The molecule has 0 unspecified atom stereocenters. The first kappa shape index (κ1) is 44.7. The molecule has 0 rings (SSSR count). The second kappa shape index (κ2) is 24.8. The molecule has 0 aliphatic carbocycles. The summed E-state index contributed by atoms with van der Waals surface area (Å²) in [7, 11) is 0. The summed E-state index contributed by atoms with van der Waals surface area (Å²) in [5.41, 5.74) is 0.884. The highest BCUT2D eigenvalue weighted by atomic mass is 16.5. The quantitative estimate of drug-likeness (QED) is 0.0481. The van der Waals surface area contributed by atoms with Gasteiger partial charge in [0.05, 0.1) is 13.2 Å². The fraction of sp³-hybridized carbons (Fsp3) is 0.905. The standard InChI is InChI=1S/C42H80O4/c1-33(2)41(34(3)4,35(5)6)29-23-19-15-13-17-21-25-31-45-39(43)27-28-40(44)46-32-26-22-18-14-16-20-24-30-42(36(7)8,37(9)10)38(11)12/h27-28,33-38H,13-26,29-32H2,1-12H3/b28-27+. The van der Waals surface area contributed by atoms with Gasteiger partial charge in [0, 0.05) is 12.2 Å². The van der Waals surface area contributed by atoms with E-state index in [9.17, 15) is 9.59 Å². The SMILES string of the molecule is CC(C)C(CCCCCCCCCOC(=O)/C=C/C(=O)OCCCCCCCCCC(C(C)C)(C(C)C)C(C)C)(C(C)C)C(C)C. The average molecular weight is 649 g/mol. The monoisotopic (exact) mass is 649 g/mol. The van der Waals surface area contributed by atoms with Gasteiger partial charge in [-0.15, -0.1) is 0 Å². The highest BCUT2D eigenvalue weighted by Crippen LogP contribution is 2.48. The lowest BCUT2D eigenvalue weighted by Crippen LogP contribution is -2.38. The number of hydrogen-bond acceptors (Lipinski definition) is 4. The van der Waals surface area contributed by atoms with Crippen molar-refractivity contribution in [1.82, 2.24) is 0 Å². The Bertz CT molecular complexity index is 695. The lowest BCUT2D eigenvalue weighted by Gasteiger charge is -2.45. The fourth-order valence-corrected chi connectivity index (χ4v) is 9.14. The van der Waals surface area contributed by atoms with E-state index in [2.05, 4.69) is 83.1 Å². The molecular weight excluding hydrogens is 568 g/mol. The van der Waals surface area contributed by atoms with Gasteiger partial charge >= 0.3 is 11.9 Å². The lowest BCUT2D eigenvalue weighted by molar-refractivity contribution is -0.140. The second-order valence-corrected chi connectivity index (χ2v) is 16.3. The summed E-state index contributed by atoms with van der Waals surface area (Å²) >= 11 is 0. The summed E-state index contributed by atoms with van der Waals surface area (Å²) in [6.45, 7) is 29.6. The minimum absolute atomic E-state index is 0.409. The summed E-state index contributed by atoms with van der Waals surface area (Å²) in [6.07, 6.45) is 21.6. The molecule has 0 aliphatic heterocycles. The molecule has 0 bridgehead atoms. The van der Waals surface area contributed by atoms with Crippen molar-refractivity contribution in [3.05, 3.63) is 12.2 Å². The highest BCUT2D eigenvalue weighted by Gasteiger charge is 2.40. The van der Waals surface area contributed by atoms with Crippen LogP contribution in [0.25, 0.3) is 0 Å². The normalized spacial score (nSPS) is 13.0. The van der Waals surface area contributed by atoms with Crippen LogP contribution in [0, 0.1) is 46.3 Å². The van der Waals surface area contributed by atoms with E-state index >= 15 is 0 Å². The Hall–Kier alpha value is -1.32. The average Bonchev–Trinajstić information content (AvgIpc) is 2.96. The van der Waals surface area contributed by atoms with Crippen LogP contribution >= 0.6 is 0 Å². The number of esters is 2. The van der Waals surface area contributed by atoms with E-state index in [1.165, 1.54) is 89.2 Å². The summed E-state index contributed by atoms with van der Waals surface area (Å²) in [5.74, 6) is 3.36. The van der Waals surface area contributed by atoms with Gasteiger partial charge in [0.15, 0.2) is 0 Å². The molecule has 46 heavy (non-hydrogen) atoms. The molecule has 0 aliphatic rings. The molecule has 0 radical (unpaired) electrons. The van der Waals surface area contributed by atoms with Gasteiger partial charge in [-0.05, 0) is 72.0 Å². The molecule has 0 aromatic heterocycles. The van der Waals surface area contributed by atoms with E-state index in [-0.39, 0.29) is 0 Å². The van der Waals surface area contributed by atoms with E-state index in [1.807, 2.05) is 0 Å². The molecule has 0 saturated carbocycles. The zero-order chi connectivity index (χ0) is 35.2. The van der Waals surface area contributed by atoms with Crippen molar-refractivity contribution >= 4 is 11.9 Å². The van der Waals surface area contributed by atoms with Crippen molar-refractivity contribution in [2.75, 3.05) is 13.2 Å². The largest absolute Gasteiger partial charge is 0.463 e. The second-order valence-electron chi connectivity index (χ2n) is 16.3. The number of ether oxygens (including phenoxy) is 2. The maximum Gasteiger partial charge on any atom is 0.331 e. The van der Waals surface area contributed by atoms with Crippen molar-refractivity contribution in [3.8, 4) is 0 Å². The van der Waals surface area contributed by atoms with Crippen molar-refractivity contribution in [2.24, 2.45) is 46.3 Å². The minimum Gasteiger partial charge on any atom is -0.463 e. The lowest BCUT2D eigenvalue weighted by atomic mass is 9.60. The zero-order valence-electron chi connectivity index (χ0n) is 33.0. The summed E-state index contributed by atoms with van der Waals surface area (Å²) in [4.78, 5) is 23.9. The van der Waals surface area contributed by atoms with Crippen LogP contribution in [0.5, 0.6) is 0 Å². The maximum absolute atomic E-state index is 11.9. The molecule has 0 amide bonds. The Kier molecular flexibility index (Phi) is 24.1. The molecule has 0 heterocycles. The molecule has 0 N–H and O–H groups in total. The van der Waals surface area contributed by atoms with Crippen LogP contribution in [-0.2, 0) is 19.1 Å². The molecule has 0 fully saturated rings. The summed E-state index contributed by atoms with van der Waals surface area (Å²) in [6, 6.07) is 0. The molecule has 0 aromatic rings. The van der Waals surface area contributed by atoms with Gasteiger partial charge in [0.2, 0.25) is 0 Å². The molecule has 0 atom stereocenters. The van der Waals surface area contributed by atoms with E-state index < -0.39 is 11.9 Å². The van der Waals surface area contributed by atoms with Gasteiger partial charge in [0.25, 0.3) is 0 Å². The Labute approximate surface area is 288 Å². The van der Waals surface area contributed by atoms with Crippen molar-refractivity contribution in [2.45, 2.75) is 186 Å². The first-order valence-electron chi connectivity index (χ1n) is 19.7. The highest BCUT2D eigenvalue weighted by molar-refractivity contribution is 5.91. The van der Waals surface area contributed by atoms with Crippen LogP contribution in [0.1, 0.15) is 186 Å². The third kappa shape index (κ3) is 16.2. The van der Waals surface area contributed by atoms with Gasteiger partial charge < -0.3 is 9.47 Å². The van der Waals surface area contributed by atoms with Crippen LogP contribution < -0.4 is 0 Å². The van der Waals surface area contributed by atoms with E-state index in [4.69, 9.17) is 9.47 Å². The van der Waals surface area contributed by atoms with Crippen LogP contribution in [0.15, 0.2) is 12.2 Å². The number of carbonyl (C=O) groups is 2. The predicted molar refractivity (Wildman–Crippen MR) is 199 cm³/mol. The molecule has 4 nitrogen and oxygen atoms in total. The smallest absolute Gasteiger partial charge is 0.331 e. The zero-order valence-corrected chi connectivity index (χ0v) is 33.0. The van der Waals surface area contributed by atoms with Gasteiger partial charge in [0.1, 0.15) is 0 Å². The van der Waals surface area contributed by atoms with Crippen molar-refractivity contribution < 1.29 is 19.1 Å². The van der Waals surface area contributed by atoms with Crippen LogP contribution in [0.3, 0.4) is 0 Å². The number of hydrogen-bond donors (Lipinski definition) is 0. The minimum atomic E-state index is -0.465. The number of rotatable bonds is 28. The topological polar surface area (TPSA) is 52.6 Å². The Balaban J connectivity index is 3.85. The molecule has 4 heteroatoms. The van der Waals surface area contributed by atoms with Crippen LogP contribution in [0.2, 0.25) is 0 Å². The maximum atomic E-state index is 11.9. The summed E-state index contributed by atoms with van der Waals surface area (Å²) < 4.78 is 10.5. The Morgan fingerprint density at radius 2 is 0.609 bits per heavy atom. The van der Waals surface area contributed by atoms with Gasteiger partial charge in [-0.2, -0.15) is 0 Å². The molecule has 272 valence electrons. The fourth-order valence-electron chi connectivity index (χ4n) is 9.14. The molecule has 0 spiro atoms. The van der Waals surface area contributed by atoms with Gasteiger partial charge in [-0.25, -0.2) is 9.59 Å². The van der Waals surface area contributed by atoms with E-state index in [1.54, 1.807) is 0 Å².